The van der Waals surface area contributed by atoms with Crippen LogP contribution in [-0.2, 0) is 0 Å². The summed E-state index contributed by atoms with van der Waals surface area (Å²) in [6, 6.07) is 88.2. The van der Waals surface area contributed by atoms with E-state index in [1.54, 1.807) is 24.5 Å². The molecule has 0 aliphatic carbocycles. The van der Waals surface area contributed by atoms with Crippen LogP contribution in [0.3, 0.4) is 0 Å². The molecule has 0 aliphatic rings. The van der Waals surface area contributed by atoms with E-state index >= 15 is 0 Å². The zero-order valence-corrected chi connectivity index (χ0v) is 49.3. The van der Waals surface area contributed by atoms with Gasteiger partial charge in [0, 0.05) is 119 Å². The summed E-state index contributed by atoms with van der Waals surface area (Å²) in [7, 11) is 0. The molecule has 9 heterocycles. The van der Waals surface area contributed by atoms with E-state index in [1.165, 1.54) is 87.4 Å². The van der Waals surface area contributed by atoms with Crippen LogP contribution >= 0.6 is 27.5 Å². The number of benzene rings is 10. The molecule has 19 rings (SSSR count). The minimum Gasteiger partial charge on any atom is -0.345 e. The lowest BCUT2D eigenvalue weighted by molar-refractivity contribution is 1.17. The Bertz CT molecular complexity index is 5870. The van der Waals surface area contributed by atoms with Gasteiger partial charge in [0.2, 0.25) is 0 Å². The summed E-state index contributed by atoms with van der Waals surface area (Å²) in [6.07, 6.45) is 11.1. The van der Waals surface area contributed by atoms with Gasteiger partial charge < -0.3 is 23.3 Å². The summed E-state index contributed by atoms with van der Waals surface area (Å²) >= 11 is 8.75. The van der Waals surface area contributed by atoms with E-state index < -0.39 is 0 Å². The average Bonchev–Trinajstić information content (AvgIpc) is 1.57. The first kappa shape index (κ1) is 51.3. The lowest BCUT2D eigenvalue weighted by Crippen LogP contribution is -1.95. The number of para-hydroxylation sites is 6. The highest BCUT2D eigenvalue weighted by Gasteiger charge is 2.24. The van der Waals surface area contributed by atoms with Crippen molar-refractivity contribution in [2.24, 2.45) is 0 Å². The van der Waals surface area contributed by atoms with Crippen molar-refractivity contribution >= 4 is 142 Å². The zero-order chi connectivity index (χ0) is 58.4. The van der Waals surface area contributed by atoms with E-state index in [4.69, 9.17) is 21.6 Å². The second-order valence-corrected chi connectivity index (χ2v) is 22.9. The van der Waals surface area contributed by atoms with Gasteiger partial charge in [-0.3, -0.25) is 9.38 Å². The molecule has 1 N–H and O–H groups in total. The number of hydrogen-bond donors (Lipinski definition) is 1. The number of pyridine rings is 3. The Kier molecular flexibility index (Phi) is 12.2. The number of H-pyrrole nitrogens is 1. The molecule has 416 valence electrons. The fraction of sp³-hybridized carbons (Fsp3) is 0. The predicted molar refractivity (Wildman–Crippen MR) is 366 cm³/mol. The number of halogens is 2. The molecule has 12 heteroatoms. The highest BCUT2D eigenvalue weighted by atomic mass is 79.9. The van der Waals surface area contributed by atoms with E-state index in [0.29, 0.717) is 9.63 Å². The van der Waals surface area contributed by atoms with Gasteiger partial charge in [-0.05, 0) is 143 Å². The van der Waals surface area contributed by atoms with E-state index in [2.05, 4.69) is 284 Å². The van der Waals surface area contributed by atoms with Crippen LogP contribution in [0.15, 0.2) is 291 Å². The third kappa shape index (κ3) is 8.08. The Balaban J connectivity index is 0.000000122. The molecule has 0 bridgehead atoms. The highest BCUT2D eigenvalue weighted by molar-refractivity contribution is 9.10. The number of imidazole rings is 2. The van der Waals surface area contributed by atoms with Crippen LogP contribution < -0.4 is 0 Å². The minimum absolute atomic E-state index is 0.646. The summed E-state index contributed by atoms with van der Waals surface area (Å²) < 4.78 is 12.4. The molecule has 10 aromatic carbocycles. The predicted octanol–water partition coefficient (Wildman–Crippen LogP) is 20.0. The van der Waals surface area contributed by atoms with Gasteiger partial charge in [0.15, 0.2) is 0 Å². The van der Waals surface area contributed by atoms with Gasteiger partial charge in [0.1, 0.15) is 16.1 Å². The second-order valence-electron chi connectivity index (χ2n) is 21.8. The summed E-state index contributed by atoms with van der Waals surface area (Å²) in [6.45, 7) is 0. The Labute approximate surface area is 516 Å². The maximum Gasteiger partial charge on any atom is 0.145 e. The van der Waals surface area contributed by atoms with Gasteiger partial charge in [0.05, 0.1) is 60.2 Å². The maximum atomic E-state index is 5.60. The van der Waals surface area contributed by atoms with Crippen molar-refractivity contribution in [3.8, 4) is 34.1 Å². The third-order valence-electron chi connectivity index (χ3n) is 17.0. The first-order valence-electron chi connectivity index (χ1n) is 29.1. The first-order chi connectivity index (χ1) is 43.6. The van der Waals surface area contributed by atoms with Gasteiger partial charge in [-0.2, -0.15) is 0 Å². The van der Waals surface area contributed by atoms with Crippen LogP contribution in [0.4, 0.5) is 0 Å². The van der Waals surface area contributed by atoms with Gasteiger partial charge >= 0.3 is 0 Å². The Hall–Kier alpha value is -11.1. The monoisotopic (exact) mass is 1210 g/mol. The average molecular weight is 1220 g/mol. The molecule has 0 amide bonds. The Morgan fingerprint density at radius 2 is 0.795 bits per heavy atom. The minimum atomic E-state index is 0.646. The lowest BCUT2D eigenvalue weighted by atomic mass is 10.0. The van der Waals surface area contributed by atoms with Crippen molar-refractivity contribution in [2.45, 2.75) is 0 Å². The highest BCUT2D eigenvalue weighted by Crippen LogP contribution is 2.46. The van der Waals surface area contributed by atoms with Crippen molar-refractivity contribution in [1.29, 1.82) is 0 Å². The molecule has 0 saturated heterocycles. The molecule has 0 aliphatic heterocycles. The normalized spacial score (nSPS) is 11.8. The fourth-order valence-electron chi connectivity index (χ4n) is 13.4. The van der Waals surface area contributed by atoms with Crippen molar-refractivity contribution in [3.63, 3.8) is 0 Å². The van der Waals surface area contributed by atoms with Crippen molar-refractivity contribution in [1.82, 2.24) is 47.6 Å². The van der Waals surface area contributed by atoms with Crippen LogP contribution in [0.1, 0.15) is 0 Å². The topological polar surface area (TPSA) is 91.5 Å². The number of nitrogens with zero attached hydrogens (tertiary/aromatic N) is 9. The van der Waals surface area contributed by atoms with E-state index in [9.17, 15) is 0 Å². The largest absolute Gasteiger partial charge is 0.345 e. The first-order valence-corrected chi connectivity index (χ1v) is 30.2. The van der Waals surface area contributed by atoms with E-state index in [1.807, 2.05) is 30.9 Å². The molecular formula is C76H48BrClN10. The molecule has 0 spiro atoms. The number of nitrogens with one attached hydrogen (secondary N) is 1. The molecule has 0 atom stereocenters. The molecular weight excluding hydrogens is 1170 g/mol. The van der Waals surface area contributed by atoms with Gasteiger partial charge in [-0.15, -0.1) is 0 Å². The smallest absolute Gasteiger partial charge is 0.145 e. The van der Waals surface area contributed by atoms with E-state index in [0.717, 1.165) is 61.4 Å². The number of rotatable bonds is 5. The van der Waals surface area contributed by atoms with Crippen LogP contribution in [0.5, 0.6) is 0 Å². The SMILES string of the molecule is Clc1cccnc1Br.c1ccc(-n2c3ccccc3c3c4c5cc6c(cc5n(-c5ccccc5)c4ccc32)c2nccn2c2cccnc62)cc1.c1ccc(-n2c3ccccc3c3c4c5ccc(-c6ncc[nH]6)cc5n(-c5ccccc5)c4ccc32)cc1. The third-order valence-corrected chi connectivity index (χ3v) is 18.2. The number of hydrogen-bond acceptors (Lipinski definition) is 4. The molecule has 0 radical (unpaired) electrons. The van der Waals surface area contributed by atoms with Crippen molar-refractivity contribution in [3.05, 3.63) is 296 Å². The van der Waals surface area contributed by atoms with Gasteiger partial charge in [-0.25, -0.2) is 15.0 Å². The Morgan fingerprint density at radius 1 is 0.330 bits per heavy atom. The van der Waals surface area contributed by atoms with Crippen LogP contribution in [0.2, 0.25) is 5.02 Å². The zero-order valence-electron chi connectivity index (χ0n) is 46.9. The number of fused-ring (bicyclic) bond motifs is 20. The molecule has 0 fully saturated rings. The molecule has 0 unspecified atom stereocenters. The van der Waals surface area contributed by atoms with Gasteiger partial charge in [-0.1, -0.05) is 133 Å². The van der Waals surface area contributed by atoms with Crippen LogP contribution in [0, 0.1) is 0 Å². The maximum absolute atomic E-state index is 5.60. The Morgan fingerprint density at radius 3 is 1.31 bits per heavy atom. The summed E-state index contributed by atoms with van der Waals surface area (Å²) in [5.74, 6) is 0.873. The molecule has 10 nitrogen and oxygen atoms in total. The second kappa shape index (κ2) is 20.8. The lowest BCUT2D eigenvalue weighted by Gasteiger charge is -2.10. The molecule has 19 aromatic rings. The quantitative estimate of drug-likeness (QED) is 0.137. The molecule has 0 saturated carbocycles. The molecule has 9 aromatic heterocycles. The summed E-state index contributed by atoms with van der Waals surface area (Å²) in [5, 5.41) is 12.8. The fourth-order valence-corrected chi connectivity index (χ4v) is 13.8. The number of aromatic nitrogens is 10. The van der Waals surface area contributed by atoms with Gasteiger partial charge in [0.25, 0.3) is 0 Å². The molecule has 88 heavy (non-hydrogen) atoms. The van der Waals surface area contributed by atoms with E-state index in [-0.39, 0.29) is 0 Å². The van der Waals surface area contributed by atoms with Crippen molar-refractivity contribution in [2.75, 3.05) is 0 Å². The van der Waals surface area contributed by atoms with Crippen molar-refractivity contribution < 1.29 is 0 Å². The number of aromatic amines is 1. The summed E-state index contributed by atoms with van der Waals surface area (Å²) in [4.78, 5) is 21.3. The van der Waals surface area contributed by atoms with Crippen LogP contribution in [0.25, 0.3) is 149 Å². The standard InChI is InChI=1S/C38H23N5.C33H22N4.C5H3BrClN/c1-3-10-24(11-4-1)42-30-15-8-7-14-26(30)35-31(42)17-18-32-36(35)29-22-27-28(23-34(29)43(32)25-12-5-2-6-13-25)38-40-20-21-41(38)33-16-9-19-39-37(27)33;1-3-9-23(10-4-1)36-27-14-8-7-13-25(27)31-28(36)17-18-29-32(31)26-16-15-22(33-34-19-20-35-33)21-30(26)37(29)24-11-5-2-6-12-24;6-5-4(7)2-1-3-8-5/h1-23H;1-21H,(H,34,35);1-3H. The van der Waals surface area contributed by atoms with Crippen LogP contribution in [-0.4, -0.2) is 47.6 Å². The summed E-state index contributed by atoms with van der Waals surface area (Å²) in [5.41, 5.74) is 18.1.